The Morgan fingerprint density at radius 1 is 1.33 bits per heavy atom. The van der Waals surface area contributed by atoms with Gasteiger partial charge in [0.25, 0.3) is 0 Å². The minimum absolute atomic E-state index is 0.0654. The minimum Gasteiger partial charge on any atom is -0.313 e. The van der Waals surface area contributed by atoms with Crippen molar-refractivity contribution in [3.05, 3.63) is 34.6 Å². The monoisotopic (exact) mass is 229 g/mol. The predicted octanol–water partition coefficient (Wildman–Crippen LogP) is 3.79. The van der Waals surface area contributed by atoms with Crippen molar-refractivity contribution in [2.24, 2.45) is 5.41 Å². The van der Waals surface area contributed by atoms with Crippen molar-refractivity contribution in [1.29, 1.82) is 0 Å². The Morgan fingerprint density at radius 2 is 1.93 bits per heavy atom. The fraction of sp³-hybridized carbons (Fsp3) is 0.500. The van der Waals surface area contributed by atoms with Gasteiger partial charge in [-0.2, -0.15) is 0 Å². The van der Waals surface area contributed by atoms with Crippen LogP contribution < -0.4 is 5.32 Å². The lowest BCUT2D eigenvalue weighted by atomic mass is 9.82. The maximum absolute atomic E-state index is 13.0. The van der Waals surface area contributed by atoms with E-state index in [-0.39, 0.29) is 22.3 Å². The van der Waals surface area contributed by atoms with Gasteiger partial charge in [-0.05, 0) is 30.2 Å². The number of rotatable bonds is 2. The van der Waals surface area contributed by atoms with Gasteiger partial charge in [-0.1, -0.05) is 38.4 Å². The minimum atomic E-state index is -0.371. The third-order valence-corrected chi connectivity index (χ3v) is 2.72. The normalized spacial score (nSPS) is 14.0. The van der Waals surface area contributed by atoms with Gasteiger partial charge in [0.2, 0.25) is 0 Å². The van der Waals surface area contributed by atoms with Gasteiger partial charge in [0, 0.05) is 6.04 Å². The summed E-state index contributed by atoms with van der Waals surface area (Å²) in [7, 11) is 1.90. The fourth-order valence-electron chi connectivity index (χ4n) is 1.79. The molecule has 0 heterocycles. The smallest absolute Gasteiger partial charge is 0.141 e. The highest BCUT2D eigenvalue weighted by Gasteiger charge is 2.24. The summed E-state index contributed by atoms with van der Waals surface area (Å²) in [6, 6.07) is 5.03. The fourth-order valence-corrected chi connectivity index (χ4v) is 1.98. The van der Waals surface area contributed by atoms with E-state index in [1.165, 1.54) is 6.07 Å². The van der Waals surface area contributed by atoms with Crippen molar-refractivity contribution in [3.63, 3.8) is 0 Å². The average molecular weight is 230 g/mol. The Balaban J connectivity index is 3.08. The van der Waals surface area contributed by atoms with Crippen LogP contribution in [0.4, 0.5) is 4.39 Å². The molecule has 0 bridgehead atoms. The van der Waals surface area contributed by atoms with Gasteiger partial charge in [-0.3, -0.25) is 0 Å². The molecule has 0 saturated heterocycles. The maximum Gasteiger partial charge on any atom is 0.141 e. The van der Waals surface area contributed by atoms with Gasteiger partial charge in [0.1, 0.15) is 5.82 Å². The summed E-state index contributed by atoms with van der Waals surface area (Å²) >= 11 is 5.76. The second kappa shape index (κ2) is 4.50. The summed E-state index contributed by atoms with van der Waals surface area (Å²) in [5.41, 5.74) is 1.08. The largest absolute Gasteiger partial charge is 0.313 e. The highest BCUT2D eigenvalue weighted by Crippen LogP contribution is 2.33. The summed E-state index contributed by atoms with van der Waals surface area (Å²) in [4.78, 5) is 0. The van der Waals surface area contributed by atoms with Crippen LogP contribution in [0.5, 0.6) is 0 Å². The van der Waals surface area contributed by atoms with E-state index in [9.17, 15) is 4.39 Å². The number of nitrogens with one attached hydrogen (secondary N) is 1. The molecule has 0 aliphatic rings. The number of hydrogen-bond acceptors (Lipinski definition) is 1. The molecule has 0 aliphatic heterocycles. The molecular weight excluding hydrogens is 213 g/mol. The van der Waals surface area contributed by atoms with Crippen molar-refractivity contribution in [3.8, 4) is 0 Å². The van der Waals surface area contributed by atoms with Crippen molar-refractivity contribution >= 4 is 11.6 Å². The molecule has 1 unspecified atom stereocenters. The Kier molecular flexibility index (Phi) is 3.74. The van der Waals surface area contributed by atoms with Crippen LogP contribution in [0, 0.1) is 11.2 Å². The van der Waals surface area contributed by atoms with Crippen LogP contribution in [0.15, 0.2) is 18.2 Å². The second-order valence-electron chi connectivity index (χ2n) is 4.76. The lowest BCUT2D eigenvalue weighted by Crippen LogP contribution is -2.29. The van der Waals surface area contributed by atoms with Gasteiger partial charge in [0.15, 0.2) is 0 Å². The predicted molar refractivity (Wildman–Crippen MR) is 62.7 cm³/mol. The molecule has 1 N–H and O–H groups in total. The molecule has 84 valence electrons. The van der Waals surface area contributed by atoms with Crippen molar-refractivity contribution in [1.82, 2.24) is 5.32 Å². The summed E-state index contributed by atoms with van der Waals surface area (Å²) in [5, 5.41) is 3.40. The maximum atomic E-state index is 13.0. The lowest BCUT2D eigenvalue weighted by Gasteiger charge is -2.31. The summed E-state index contributed by atoms with van der Waals surface area (Å²) in [5.74, 6) is -0.371. The summed E-state index contributed by atoms with van der Waals surface area (Å²) in [6.07, 6.45) is 0. The molecule has 0 aromatic heterocycles. The molecule has 1 nitrogen and oxygen atoms in total. The molecule has 1 rings (SSSR count). The van der Waals surface area contributed by atoms with E-state index < -0.39 is 0 Å². The molecular formula is C12H17ClFN. The van der Waals surface area contributed by atoms with E-state index in [0.29, 0.717) is 0 Å². The third-order valence-electron chi connectivity index (χ3n) is 2.43. The first-order valence-corrected chi connectivity index (χ1v) is 5.36. The quantitative estimate of drug-likeness (QED) is 0.814. The second-order valence-corrected chi connectivity index (χ2v) is 5.17. The van der Waals surface area contributed by atoms with Gasteiger partial charge in [-0.15, -0.1) is 0 Å². The zero-order valence-corrected chi connectivity index (χ0v) is 10.3. The van der Waals surface area contributed by atoms with Gasteiger partial charge in [-0.25, -0.2) is 4.39 Å². The van der Waals surface area contributed by atoms with E-state index in [2.05, 4.69) is 26.1 Å². The first-order valence-electron chi connectivity index (χ1n) is 4.98. The van der Waals surface area contributed by atoms with Crippen molar-refractivity contribution in [2.75, 3.05) is 7.05 Å². The number of hydrogen-bond donors (Lipinski definition) is 1. The molecule has 1 aromatic rings. The van der Waals surface area contributed by atoms with Crippen LogP contribution in [0.1, 0.15) is 32.4 Å². The van der Waals surface area contributed by atoms with E-state index in [4.69, 9.17) is 11.6 Å². The summed E-state index contributed by atoms with van der Waals surface area (Å²) in [6.45, 7) is 6.39. The average Bonchev–Trinajstić information content (AvgIpc) is 2.10. The van der Waals surface area contributed by atoms with E-state index in [1.807, 2.05) is 7.05 Å². The molecule has 15 heavy (non-hydrogen) atoms. The zero-order chi connectivity index (χ0) is 11.6. The van der Waals surface area contributed by atoms with Crippen LogP contribution in [0.2, 0.25) is 5.02 Å². The van der Waals surface area contributed by atoms with Crippen molar-refractivity contribution < 1.29 is 4.39 Å². The molecule has 0 spiro atoms. The Hall–Kier alpha value is -0.600. The lowest BCUT2D eigenvalue weighted by molar-refractivity contribution is 0.287. The highest BCUT2D eigenvalue weighted by atomic mass is 35.5. The van der Waals surface area contributed by atoms with Gasteiger partial charge in [0.05, 0.1) is 5.02 Å². The van der Waals surface area contributed by atoms with Crippen LogP contribution >= 0.6 is 11.6 Å². The third kappa shape index (κ3) is 2.93. The molecule has 3 heteroatoms. The van der Waals surface area contributed by atoms with Gasteiger partial charge >= 0.3 is 0 Å². The van der Waals surface area contributed by atoms with E-state index in [0.717, 1.165) is 5.56 Å². The van der Waals surface area contributed by atoms with Crippen molar-refractivity contribution in [2.45, 2.75) is 26.8 Å². The van der Waals surface area contributed by atoms with Crippen LogP contribution in [-0.2, 0) is 0 Å². The zero-order valence-electron chi connectivity index (χ0n) is 9.57. The Labute approximate surface area is 95.6 Å². The standard InChI is InChI=1S/C12H17ClFN/c1-12(2,3)11(15-4)8-5-6-10(14)9(13)7-8/h5-7,11,15H,1-4H3. The first kappa shape index (κ1) is 12.5. The summed E-state index contributed by atoms with van der Waals surface area (Å²) < 4.78 is 13.0. The Morgan fingerprint density at radius 3 is 2.33 bits per heavy atom. The van der Waals surface area contributed by atoms with Crippen LogP contribution in [0.3, 0.4) is 0 Å². The van der Waals surface area contributed by atoms with Crippen LogP contribution in [-0.4, -0.2) is 7.05 Å². The van der Waals surface area contributed by atoms with Crippen LogP contribution in [0.25, 0.3) is 0 Å². The van der Waals surface area contributed by atoms with Gasteiger partial charge < -0.3 is 5.32 Å². The molecule has 1 aromatic carbocycles. The van der Waals surface area contributed by atoms with E-state index >= 15 is 0 Å². The molecule has 0 aliphatic carbocycles. The molecule has 0 fully saturated rings. The topological polar surface area (TPSA) is 12.0 Å². The SMILES string of the molecule is CNC(c1ccc(F)c(Cl)c1)C(C)(C)C. The van der Waals surface area contributed by atoms with E-state index in [1.54, 1.807) is 12.1 Å². The first-order chi connectivity index (χ1) is 6.86. The molecule has 0 radical (unpaired) electrons. The highest BCUT2D eigenvalue weighted by molar-refractivity contribution is 6.30. The molecule has 1 atom stereocenters. The molecule has 0 amide bonds. The molecule has 0 saturated carbocycles. The number of halogens is 2. The number of benzene rings is 1. The Bertz CT molecular complexity index is 344.